The van der Waals surface area contributed by atoms with Crippen molar-refractivity contribution in [3.63, 3.8) is 0 Å². The monoisotopic (exact) mass is 426 g/mol. The summed E-state index contributed by atoms with van der Waals surface area (Å²) in [6.07, 6.45) is 2.05. The predicted molar refractivity (Wildman–Crippen MR) is 104 cm³/mol. The topological polar surface area (TPSA) is 114 Å². The van der Waals surface area contributed by atoms with Gasteiger partial charge in [0.25, 0.3) is 0 Å². The molecule has 1 saturated heterocycles. The molecule has 0 saturated carbocycles. The van der Waals surface area contributed by atoms with Crippen molar-refractivity contribution in [3.8, 4) is 5.75 Å². The number of aliphatic hydroxyl groups excluding tert-OH is 1. The number of sulfonamides is 1. The van der Waals surface area contributed by atoms with Crippen LogP contribution in [0.25, 0.3) is 0 Å². The summed E-state index contributed by atoms with van der Waals surface area (Å²) in [4.78, 5) is 14.1. The number of nitrogens with one attached hydrogen (secondary N) is 1. The molecule has 2 heterocycles. The zero-order valence-corrected chi connectivity index (χ0v) is 17.0. The lowest BCUT2D eigenvalue weighted by molar-refractivity contribution is -0.139. The van der Waals surface area contributed by atoms with Crippen molar-refractivity contribution in [3.05, 3.63) is 36.4 Å². The van der Waals surface area contributed by atoms with Crippen LogP contribution in [0.5, 0.6) is 5.75 Å². The van der Waals surface area contributed by atoms with Crippen molar-refractivity contribution in [1.82, 2.24) is 9.62 Å². The Balaban J connectivity index is 1.67. The lowest BCUT2D eigenvalue weighted by atomic mass is 10.1. The normalized spacial score (nSPS) is 25.0. The molecule has 10 heteroatoms. The van der Waals surface area contributed by atoms with Crippen LogP contribution in [0, 0.1) is 0 Å². The van der Waals surface area contributed by atoms with Crippen LogP contribution in [0.3, 0.4) is 0 Å². The SMILES string of the molecule is COc1ccccc1S(=O)(=O)N[C@@H]1C=C[C@H](CC(=O)N2CCOCC2)O[C@H]1CO. The van der Waals surface area contributed by atoms with Crippen molar-refractivity contribution in [2.75, 3.05) is 40.0 Å². The number of hydrogen-bond acceptors (Lipinski definition) is 7. The number of para-hydroxylation sites is 1. The highest BCUT2D eigenvalue weighted by molar-refractivity contribution is 7.89. The Bertz CT molecular complexity index is 837. The molecule has 29 heavy (non-hydrogen) atoms. The molecule has 0 unspecified atom stereocenters. The van der Waals surface area contributed by atoms with Gasteiger partial charge in [-0.05, 0) is 12.1 Å². The minimum absolute atomic E-state index is 0.00258. The first-order chi connectivity index (χ1) is 13.9. The van der Waals surface area contributed by atoms with Gasteiger partial charge < -0.3 is 24.2 Å². The smallest absolute Gasteiger partial charge is 0.244 e. The summed E-state index contributed by atoms with van der Waals surface area (Å²) in [5, 5.41) is 9.70. The average Bonchev–Trinajstić information content (AvgIpc) is 2.75. The standard InChI is InChI=1S/C19H26N2O7S/c1-26-16-4-2-3-5-18(16)29(24,25)20-15-7-6-14(28-17(15)13-22)12-19(23)21-8-10-27-11-9-21/h2-7,14-15,17,20,22H,8-13H2,1H3/t14-,15-,17+/m1/s1. The minimum atomic E-state index is -3.91. The summed E-state index contributed by atoms with van der Waals surface area (Å²) >= 11 is 0. The molecule has 160 valence electrons. The number of hydrogen-bond donors (Lipinski definition) is 2. The fraction of sp³-hybridized carbons (Fsp3) is 0.526. The third-order valence-corrected chi connectivity index (χ3v) is 6.35. The van der Waals surface area contributed by atoms with E-state index in [4.69, 9.17) is 14.2 Å². The van der Waals surface area contributed by atoms with E-state index in [1.54, 1.807) is 35.3 Å². The van der Waals surface area contributed by atoms with Crippen LogP contribution in [-0.2, 0) is 24.3 Å². The molecule has 0 bridgehead atoms. The fourth-order valence-corrected chi connectivity index (χ4v) is 4.70. The highest BCUT2D eigenvalue weighted by Crippen LogP contribution is 2.24. The number of nitrogens with zero attached hydrogens (tertiary/aromatic N) is 1. The van der Waals surface area contributed by atoms with Gasteiger partial charge in [0.2, 0.25) is 15.9 Å². The Kier molecular flexibility index (Phi) is 7.25. The van der Waals surface area contributed by atoms with Gasteiger partial charge in [0.05, 0.1) is 45.5 Å². The van der Waals surface area contributed by atoms with Crippen LogP contribution in [0.15, 0.2) is 41.3 Å². The maximum atomic E-state index is 12.8. The third kappa shape index (κ3) is 5.34. The van der Waals surface area contributed by atoms with Crippen molar-refractivity contribution >= 4 is 15.9 Å². The molecule has 1 fully saturated rings. The first-order valence-electron chi connectivity index (χ1n) is 9.40. The van der Waals surface area contributed by atoms with E-state index < -0.39 is 34.9 Å². The van der Waals surface area contributed by atoms with Crippen LogP contribution in [-0.4, -0.2) is 82.6 Å². The number of methoxy groups -OCH3 is 1. The van der Waals surface area contributed by atoms with Crippen LogP contribution < -0.4 is 9.46 Å². The Morgan fingerprint density at radius 3 is 2.69 bits per heavy atom. The minimum Gasteiger partial charge on any atom is -0.495 e. The lowest BCUT2D eigenvalue weighted by Gasteiger charge is -2.33. The summed E-state index contributed by atoms with van der Waals surface area (Å²) < 4.78 is 44.2. The molecular formula is C19H26N2O7S. The molecule has 0 aliphatic carbocycles. The predicted octanol–water partition coefficient (Wildman–Crippen LogP) is -0.0931. The Morgan fingerprint density at radius 2 is 2.00 bits per heavy atom. The highest BCUT2D eigenvalue weighted by atomic mass is 32.2. The van der Waals surface area contributed by atoms with Crippen LogP contribution in [0.4, 0.5) is 0 Å². The first-order valence-corrected chi connectivity index (χ1v) is 10.9. The zero-order chi connectivity index (χ0) is 20.9. The van der Waals surface area contributed by atoms with E-state index >= 15 is 0 Å². The number of benzene rings is 1. The average molecular weight is 426 g/mol. The summed E-state index contributed by atoms with van der Waals surface area (Å²) in [5.41, 5.74) is 0. The molecule has 3 atom stereocenters. The van der Waals surface area contributed by atoms with E-state index in [-0.39, 0.29) is 23.0 Å². The number of ether oxygens (including phenoxy) is 3. The summed E-state index contributed by atoms with van der Waals surface area (Å²) in [5.74, 6) is 0.155. The van der Waals surface area contributed by atoms with E-state index in [1.807, 2.05) is 0 Å². The highest BCUT2D eigenvalue weighted by Gasteiger charge is 2.33. The quantitative estimate of drug-likeness (QED) is 0.586. The second kappa shape index (κ2) is 9.68. The van der Waals surface area contributed by atoms with Gasteiger partial charge in [-0.2, -0.15) is 0 Å². The molecule has 2 aliphatic rings. The third-order valence-electron chi connectivity index (χ3n) is 4.85. The Hall–Kier alpha value is -1.98. The van der Waals surface area contributed by atoms with E-state index in [0.29, 0.717) is 26.3 Å². The van der Waals surface area contributed by atoms with E-state index in [2.05, 4.69) is 4.72 Å². The van der Waals surface area contributed by atoms with Crippen LogP contribution >= 0.6 is 0 Å². The van der Waals surface area contributed by atoms with Gasteiger partial charge in [0, 0.05) is 13.1 Å². The van der Waals surface area contributed by atoms with Gasteiger partial charge in [-0.15, -0.1) is 0 Å². The number of morpholine rings is 1. The molecule has 0 spiro atoms. The van der Waals surface area contributed by atoms with E-state index in [9.17, 15) is 18.3 Å². The second-order valence-electron chi connectivity index (χ2n) is 6.78. The molecule has 1 amide bonds. The molecular weight excluding hydrogens is 400 g/mol. The van der Waals surface area contributed by atoms with Gasteiger partial charge in [0.15, 0.2) is 0 Å². The lowest BCUT2D eigenvalue weighted by Crippen LogP contribution is -2.49. The van der Waals surface area contributed by atoms with Crippen molar-refractivity contribution in [1.29, 1.82) is 0 Å². The maximum absolute atomic E-state index is 12.8. The van der Waals surface area contributed by atoms with Gasteiger partial charge >= 0.3 is 0 Å². The second-order valence-corrected chi connectivity index (χ2v) is 8.46. The zero-order valence-electron chi connectivity index (χ0n) is 16.2. The molecule has 0 aromatic heterocycles. The maximum Gasteiger partial charge on any atom is 0.244 e. The molecule has 2 aliphatic heterocycles. The number of rotatable bonds is 7. The van der Waals surface area contributed by atoms with Crippen LogP contribution in [0.1, 0.15) is 6.42 Å². The number of carbonyl (C=O) groups excluding carboxylic acids is 1. The van der Waals surface area contributed by atoms with Crippen LogP contribution in [0.2, 0.25) is 0 Å². The largest absolute Gasteiger partial charge is 0.495 e. The molecule has 0 radical (unpaired) electrons. The molecule has 1 aromatic rings. The fourth-order valence-electron chi connectivity index (χ4n) is 3.31. The summed E-state index contributed by atoms with van der Waals surface area (Å²) in [6, 6.07) is 5.49. The van der Waals surface area contributed by atoms with E-state index in [0.717, 1.165) is 0 Å². The van der Waals surface area contributed by atoms with Crippen molar-refractivity contribution in [2.45, 2.75) is 29.6 Å². The number of carbonyl (C=O) groups is 1. The van der Waals surface area contributed by atoms with Gasteiger partial charge in [-0.25, -0.2) is 13.1 Å². The van der Waals surface area contributed by atoms with E-state index in [1.165, 1.54) is 13.2 Å². The Labute approximate surface area is 170 Å². The first kappa shape index (κ1) is 21.7. The molecule has 2 N–H and O–H groups in total. The molecule has 3 rings (SSSR count). The number of amides is 1. The Morgan fingerprint density at radius 1 is 1.28 bits per heavy atom. The van der Waals surface area contributed by atoms with Crippen molar-refractivity contribution < 1.29 is 32.5 Å². The molecule has 9 nitrogen and oxygen atoms in total. The summed E-state index contributed by atoms with van der Waals surface area (Å²) in [6.45, 7) is 1.71. The molecule has 1 aromatic carbocycles. The van der Waals surface area contributed by atoms with Crippen molar-refractivity contribution in [2.24, 2.45) is 0 Å². The van der Waals surface area contributed by atoms with Gasteiger partial charge in [-0.1, -0.05) is 24.3 Å². The van der Waals surface area contributed by atoms with Gasteiger partial charge in [-0.3, -0.25) is 4.79 Å². The van der Waals surface area contributed by atoms with Gasteiger partial charge in [0.1, 0.15) is 16.7 Å². The number of aliphatic hydroxyl groups is 1. The summed E-state index contributed by atoms with van der Waals surface area (Å²) in [7, 11) is -2.52.